The van der Waals surface area contributed by atoms with Crippen LogP contribution in [0.3, 0.4) is 0 Å². The smallest absolute Gasteiger partial charge is 0.251 e. The van der Waals surface area contributed by atoms with Crippen LogP contribution in [0.1, 0.15) is 40.4 Å². The SMILES string of the molecule is Cc1ccc(C(=O)NC[C@H]2C[C@@H]3CCN2C[C@@H]3c2cc(-c3ccco3)nn2C)cc1. The normalized spacial score (nSPS) is 25.4. The number of nitrogens with zero attached hydrogens (tertiary/aromatic N) is 3. The van der Waals surface area contributed by atoms with Crippen LogP contribution in [-0.4, -0.2) is 46.3 Å². The van der Waals surface area contributed by atoms with Gasteiger partial charge < -0.3 is 9.73 Å². The Balaban J connectivity index is 1.24. The second kappa shape index (κ2) is 7.76. The third kappa shape index (κ3) is 3.56. The molecule has 3 aromatic rings. The molecule has 156 valence electrons. The molecule has 0 saturated carbocycles. The standard InChI is InChI=1S/C24H28N4O2/c1-16-5-7-17(8-6-16)24(29)25-14-19-12-18-9-10-28(19)15-20(18)22-13-21(26-27(22)2)23-4-3-11-30-23/h3-8,11,13,18-20H,9-10,12,14-15H2,1-2H3,(H,25,29)/t18-,19+,20-/m0/s1. The zero-order chi connectivity index (χ0) is 20.7. The largest absolute Gasteiger partial charge is 0.463 e. The van der Waals surface area contributed by atoms with Crippen molar-refractivity contribution in [1.82, 2.24) is 20.0 Å². The Labute approximate surface area is 176 Å². The van der Waals surface area contributed by atoms with Gasteiger partial charge in [-0.3, -0.25) is 14.4 Å². The molecule has 2 aromatic heterocycles. The van der Waals surface area contributed by atoms with Crippen molar-refractivity contribution in [2.45, 2.75) is 31.7 Å². The highest BCUT2D eigenvalue weighted by atomic mass is 16.3. The van der Waals surface area contributed by atoms with Crippen LogP contribution in [-0.2, 0) is 7.05 Å². The van der Waals surface area contributed by atoms with E-state index in [1.165, 1.54) is 17.7 Å². The topological polar surface area (TPSA) is 63.3 Å². The third-order valence-electron chi connectivity index (χ3n) is 6.76. The summed E-state index contributed by atoms with van der Waals surface area (Å²) in [6.07, 6.45) is 4.00. The van der Waals surface area contributed by atoms with Gasteiger partial charge in [0, 0.05) is 43.4 Å². The van der Waals surface area contributed by atoms with Gasteiger partial charge in [0.1, 0.15) is 5.69 Å². The van der Waals surface area contributed by atoms with Crippen molar-refractivity contribution >= 4 is 5.91 Å². The maximum atomic E-state index is 12.5. The van der Waals surface area contributed by atoms with Crippen molar-refractivity contribution in [2.75, 3.05) is 19.6 Å². The van der Waals surface area contributed by atoms with Crippen LogP contribution in [0.25, 0.3) is 11.5 Å². The monoisotopic (exact) mass is 404 g/mol. The number of aryl methyl sites for hydroxylation is 2. The van der Waals surface area contributed by atoms with Gasteiger partial charge in [-0.15, -0.1) is 0 Å². The van der Waals surface area contributed by atoms with E-state index < -0.39 is 0 Å². The van der Waals surface area contributed by atoms with Crippen LogP contribution in [0.4, 0.5) is 0 Å². The summed E-state index contributed by atoms with van der Waals surface area (Å²) in [5.74, 6) is 1.93. The number of aromatic nitrogens is 2. The van der Waals surface area contributed by atoms with E-state index in [0.29, 0.717) is 24.4 Å². The Morgan fingerprint density at radius 2 is 2.10 bits per heavy atom. The molecule has 5 heterocycles. The number of nitrogens with one attached hydrogen (secondary N) is 1. The van der Waals surface area contributed by atoms with E-state index in [9.17, 15) is 4.79 Å². The molecule has 1 amide bonds. The molecule has 1 unspecified atom stereocenters. The molecule has 6 heteroatoms. The van der Waals surface area contributed by atoms with Crippen molar-refractivity contribution in [1.29, 1.82) is 0 Å². The Hall–Kier alpha value is -2.86. The van der Waals surface area contributed by atoms with Gasteiger partial charge in [0.15, 0.2) is 5.76 Å². The summed E-state index contributed by atoms with van der Waals surface area (Å²) >= 11 is 0. The molecule has 30 heavy (non-hydrogen) atoms. The highest BCUT2D eigenvalue weighted by Gasteiger charge is 2.41. The van der Waals surface area contributed by atoms with Crippen molar-refractivity contribution in [3.63, 3.8) is 0 Å². The maximum Gasteiger partial charge on any atom is 0.251 e. The number of rotatable bonds is 5. The molecule has 1 aromatic carbocycles. The number of carbonyl (C=O) groups excluding carboxylic acids is 1. The summed E-state index contributed by atoms with van der Waals surface area (Å²) < 4.78 is 7.54. The van der Waals surface area contributed by atoms with Gasteiger partial charge in [0.05, 0.1) is 6.26 Å². The lowest BCUT2D eigenvalue weighted by atomic mass is 9.74. The Morgan fingerprint density at radius 3 is 2.80 bits per heavy atom. The summed E-state index contributed by atoms with van der Waals surface area (Å²) in [6.45, 7) is 4.87. The first-order valence-corrected chi connectivity index (χ1v) is 10.7. The second-order valence-corrected chi connectivity index (χ2v) is 8.67. The molecule has 6 rings (SSSR count). The van der Waals surface area contributed by atoms with Crippen LogP contribution in [0.2, 0.25) is 0 Å². The highest BCUT2D eigenvalue weighted by Crippen LogP contribution is 2.42. The van der Waals surface area contributed by atoms with Crippen molar-refractivity contribution in [2.24, 2.45) is 13.0 Å². The first kappa shape index (κ1) is 19.1. The van der Waals surface area contributed by atoms with Gasteiger partial charge in [-0.2, -0.15) is 5.10 Å². The molecule has 3 fully saturated rings. The summed E-state index contributed by atoms with van der Waals surface area (Å²) in [6, 6.07) is 14.2. The quantitative estimate of drug-likeness (QED) is 0.706. The van der Waals surface area contributed by atoms with E-state index >= 15 is 0 Å². The minimum atomic E-state index is 0.0175. The van der Waals surface area contributed by atoms with E-state index in [2.05, 4.69) is 21.4 Å². The third-order valence-corrected chi connectivity index (χ3v) is 6.76. The molecular formula is C24H28N4O2. The molecule has 3 aliphatic rings. The lowest BCUT2D eigenvalue weighted by molar-refractivity contribution is 0.0280. The maximum absolute atomic E-state index is 12.5. The highest BCUT2D eigenvalue weighted by molar-refractivity contribution is 5.94. The number of hydrogen-bond donors (Lipinski definition) is 1. The van der Waals surface area contributed by atoms with Gasteiger partial charge in [-0.05, 0) is 62.6 Å². The fourth-order valence-corrected chi connectivity index (χ4v) is 5.08. The average molecular weight is 405 g/mol. The van der Waals surface area contributed by atoms with Crippen LogP contribution in [0.15, 0.2) is 53.1 Å². The van der Waals surface area contributed by atoms with Crippen molar-refractivity contribution in [3.8, 4) is 11.5 Å². The number of benzene rings is 1. The van der Waals surface area contributed by atoms with Gasteiger partial charge in [-0.1, -0.05) is 17.7 Å². The van der Waals surface area contributed by atoms with E-state index in [1.54, 1.807) is 6.26 Å². The summed E-state index contributed by atoms with van der Waals surface area (Å²) in [5, 5.41) is 7.83. The minimum Gasteiger partial charge on any atom is -0.463 e. The van der Waals surface area contributed by atoms with Crippen LogP contribution < -0.4 is 5.32 Å². The summed E-state index contributed by atoms with van der Waals surface area (Å²) in [7, 11) is 2.03. The predicted octanol–water partition coefficient (Wildman–Crippen LogP) is 3.60. The van der Waals surface area contributed by atoms with Crippen molar-refractivity contribution < 1.29 is 9.21 Å². The van der Waals surface area contributed by atoms with E-state index in [1.807, 2.05) is 55.1 Å². The molecule has 0 spiro atoms. The Bertz CT molecular complexity index is 1020. The number of carbonyl (C=O) groups is 1. The number of furan rings is 1. The van der Waals surface area contributed by atoms with Crippen LogP contribution in [0, 0.1) is 12.8 Å². The van der Waals surface area contributed by atoms with Crippen molar-refractivity contribution in [3.05, 3.63) is 65.5 Å². The van der Waals surface area contributed by atoms with E-state index in [4.69, 9.17) is 4.42 Å². The molecular weight excluding hydrogens is 376 g/mol. The molecule has 3 aliphatic heterocycles. The van der Waals surface area contributed by atoms with Crippen LogP contribution in [0.5, 0.6) is 0 Å². The summed E-state index contributed by atoms with van der Waals surface area (Å²) in [4.78, 5) is 15.0. The van der Waals surface area contributed by atoms with E-state index in [0.717, 1.165) is 36.5 Å². The predicted molar refractivity (Wildman–Crippen MR) is 115 cm³/mol. The fourth-order valence-electron chi connectivity index (χ4n) is 5.08. The molecule has 4 atom stereocenters. The zero-order valence-electron chi connectivity index (χ0n) is 17.5. The molecule has 2 bridgehead atoms. The molecule has 0 radical (unpaired) electrons. The van der Waals surface area contributed by atoms with Gasteiger partial charge in [0.25, 0.3) is 5.91 Å². The number of hydrogen-bond acceptors (Lipinski definition) is 4. The first-order chi connectivity index (χ1) is 14.6. The zero-order valence-corrected chi connectivity index (χ0v) is 17.5. The number of piperidine rings is 3. The molecule has 0 aliphatic carbocycles. The van der Waals surface area contributed by atoms with Gasteiger partial charge in [-0.25, -0.2) is 0 Å². The first-order valence-electron chi connectivity index (χ1n) is 10.7. The lowest BCUT2D eigenvalue weighted by Crippen LogP contribution is -2.56. The van der Waals surface area contributed by atoms with Gasteiger partial charge >= 0.3 is 0 Å². The van der Waals surface area contributed by atoms with Crippen LogP contribution >= 0.6 is 0 Å². The minimum absolute atomic E-state index is 0.0175. The van der Waals surface area contributed by atoms with E-state index in [-0.39, 0.29) is 5.91 Å². The molecule has 1 N–H and O–H groups in total. The average Bonchev–Trinajstić information content (AvgIpc) is 3.43. The Morgan fingerprint density at radius 1 is 1.27 bits per heavy atom. The number of amides is 1. The molecule has 6 nitrogen and oxygen atoms in total. The second-order valence-electron chi connectivity index (χ2n) is 8.67. The Kier molecular flexibility index (Phi) is 4.95. The van der Waals surface area contributed by atoms with Gasteiger partial charge in [0.2, 0.25) is 0 Å². The fraction of sp³-hybridized carbons (Fsp3) is 0.417. The molecule has 3 saturated heterocycles. The lowest BCUT2D eigenvalue weighted by Gasteiger charge is -2.50. The summed E-state index contributed by atoms with van der Waals surface area (Å²) in [5.41, 5.74) is 4.07. The number of fused-ring (bicyclic) bond motifs is 3.